The highest BCUT2D eigenvalue weighted by molar-refractivity contribution is 7.46. The molecular formula is C25H40ClFN7O5P. The van der Waals surface area contributed by atoms with Crippen molar-refractivity contribution in [1.82, 2.24) is 15.0 Å². The minimum atomic E-state index is -4.52. The summed E-state index contributed by atoms with van der Waals surface area (Å²) >= 11 is 0. The number of phosphoric ester groups is 1. The topological polar surface area (TPSA) is 142 Å². The van der Waals surface area contributed by atoms with Crippen molar-refractivity contribution in [3.63, 3.8) is 0 Å². The van der Waals surface area contributed by atoms with Gasteiger partial charge in [-0.1, -0.05) is 25.7 Å². The fourth-order valence-electron chi connectivity index (χ4n) is 5.19. The number of methoxy groups -OCH3 is 1. The second-order valence-electron chi connectivity index (χ2n) is 10.7. The Morgan fingerprint density at radius 2 is 1.73 bits per heavy atom. The lowest BCUT2D eigenvalue weighted by Gasteiger charge is -2.42. The third-order valence-electron chi connectivity index (χ3n) is 7.63. The zero-order chi connectivity index (χ0) is 28.0. The highest BCUT2D eigenvalue weighted by Gasteiger charge is 2.35. The SMILES string of the molecule is COc1ccc(Nc2nc(NC3CCCCCC3)nc(N(C)C3CC[N+](C)(COP(=O)(O)O)CC3)n2)cc1F.[Cl-]. The number of ether oxygens (including phenoxy) is 1. The second kappa shape index (κ2) is 14.1. The van der Waals surface area contributed by atoms with Crippen LogP contribution < -0.4 is 32.7 Å². The van der Waals surface area contributed by atoms with E-state index in [0.717, 1.165) is 38.5 Å². The molecular weight excluding hydrogens is 564 g/mol. The number of anilines is 4. The minimum Gasteiger partial charge on any atom is -1.00 e. The molecule has 2 aliphatic rings. The maximum absolute atomic E-state index is 14.3. The number of likely N-dealkylation sites (tertiary alicyclic amines) is 1. The van der Waals surface area contributed by atoms with Crippen LogP contribution in [0.25, 0.3) is 0 Å². The number of hydrogen-bond acceptors (Lipinski definition) is 9. The first-order chi connectivity index (χ1) is 18.5. The number of rotatable bonds is 10. The second-order valence-corrected chi connectivity index (χ2v) is 12.0. The molecule has 0 unspecified atom stereocenters. The zero-order valence-corrected chi connectivity index (χ0v) is 24.9. The molecule has 0 radical (unpaired) electrons. The summed E-state index contributed by atoms with van der Waals surface area (Å²) in [6.45, 7) is 1.32. The Bertz CT molecular complexity index is 1160. The van der Waals surface area contributed by atoms with Crippen LogP contribution in [0, 0.1) is 5.82 Å². The summed E-state index contributed by atoms with van der Waals surface area (Å²) < 4.78 is 35.7. The third kappa shape index (κ3) is 9.12. The van der Waals surface area contributed by atoms with Gasteiger partial charge in [-0.15, -0.1) is 0 Å². The van der Waals surface area contributed by atoms with Gasteiger partial charge < -0.3 is 46.9 Å². The molecule has 0 amide bonds. The average molecular weight is 604 g/mol. The molecule has 0 atom stereocenters. The summed E-state index contributed by atoms with van der Waals surface area (Å²) in [5, 5.41) is 6.61. The van der Waals surface area contributed by atoms with E-state index in [0.29, 0.717) is 41.1 Å². The van der Waals surface area contributed by atoms with Gasteiger partial charge in [0, 0.05) is 43.7 Å². The molecule has 1 aliphatic carbocycles. The Morgan fingerprint density at radius 3 is 2.33 bits per heavy atom. The molecule has 15 heteroatoms. The number of benzene rings is 1. The summed E-state index contributed by atoms with van der Waals surface area (Å²) in [4.78, 5) is 34.2. The molecule has 2 fully saturated rings. The van der Waals surface area contributed by atoms with E-state index >= 15 is 0 Å². The molecule has 12 nitrogen and oxygen atoms in total. The van der Waals surface area contributed by atoms with Crippen LogP contribution in [0.3, 0.4) is 0 Å². The maximum atomic E-state index is 14.3. The largest absolute Gasteiger partial charge is 1.00 e. The normalized spacial score (nSPS) is 22.1. The molecule has 1 saturated heterocycles. The molecule has 1 aliphatic heterocycles. The Morgan fingerprint density at radius 1 is 1.07 bits per heavy atom. The standard InChI is InChI=1S/C25H39FN7O5P.ClH/c1-32(20-12-14-33(2,15-13-20)17-38-39(34,35)36)25-30-23(27-18-8-6-4-5-7-9-18)29-24(31-25)28-19-10-11-22(37-3)21(26)16-19;/h10-11,16,18,20H,4-9,12-15,17H2,1-3H3,(H3-,27,28,29,30,31,34,35,36);1H. The molecule has 0 spiro atoms. The molecule has 40 heavy (non-hydrogen) atoms. The molecule has 2 heterocycles. The minimum absolute atomic E-state index is 0. The van der Waals surface area contributed by atoms with Gasteiger partial charge >= 0.3 is 7.82 Å². The third-order valence-corrected chi connectivity index (χ3v) is 8.08. The molecule has 1 aromatic heterocycles. The van der Waals surface area contributed by atoms with Gasteiger partial charge in [-0.3, -0.25) is 0 Å². The van der Waals surface area contributed by atoms with E-state index in [9.17, 15) is 8.96 Å². The smallest absolute Gasteiger partial charge is 0.474 e. The summed E-state index contributed by atoms with van der Waals surface area (Å²) in [5.41, 5.74) is 0.490. The van der Waals surface area contributed by atoms with Gasteiger partial charge in [0.15, 0.2) is 18.3 Å². The van der Waals surface area contributed by atoms with Crippen molar-refractivity contribution >= 4 is 31.4 Å². The lowest BCUT2D eigenvalue weighted by Crippen LogP contribution is -3.00. The Labute approximate surface area is 240 Å². The van der Waals surface area contributed by atoms with Gasteiger partial charge in [-0.05, 0) is 25.0 Å². The Balaban J connectivity index is 0.00000441. The zero-order valence-electron chi connectivity index (χ0n) is 23.2. The first-order valence-corrected chi connectivity index (χ1v) is 15.0. The predicted octanol–water partition coefficient (Wildman–Crippen LogP) is 1.01. The van der Waals surface area contributed by atoms with Crippen molar-refractivity contribution < 1.29 is 44.9 Å². The van der Waals surface area contributed by atoms with Crippen molar-refractivity contribution in [2.24, 2.45) is 0 Å². The van der Waals surface area contributed by atoms with Crippen LogP contribution in [0.5, 0.6) is 5.75 Å². The fraction of sp³-hybridized carbons (Fsp3) is 0.640. The van der Waals surface area contributed by atoms with Gasteiger partial charge in [0.25, 0.3) is 0 Å². The Hall–Kier alpha value is -2.28. The van der Waals surface area contributed by atoms with Gasteiger partial charge in [-0.25, -0.2) is 13.5 Å². The number of phosphoric acid groups is 1. The van der Waals surface area contributed by atoms with E-state index in [-0.39, 0.29) is 37.0 Å². The summed E-state index contributed by atoms with van der Waals surface area (Å²) in [6.07, 6.45) is 8.43. The van der Waals surface area contributed by atoms with E-state index in [1.165, 1.54) is 26.0 Å². The van der Waals surface area contributed by atoms with Crippen LogP contribution in [0.4, 0.5) is 27.9 Å². The molecule has 224 valence electrons. The van der Waals surface area contributed by atoms with E-state index in [2.05, 4.69) is 20.6 Å². The summed E-state index contributed by atoms with van der Waals surface area (Å²) in [7, 11) is 0.767. The lowest BCUT2D eigenvalue weighted by atomic mass is 10.0. The number of hydrogen-bond donors (Lipinski definition) is 4. The van der Waals surface area contributed by atoms with E-state index in [1.54, 1.807) is 12.1 Å². The molecule has 1 aromatic carbocycles. The monoisotopic (exact) mass is 603 g/mol. The van der Waals surface area contributed by atoms with Crippen molar-refractivity contribution in [2.75, 3.05) is 56.6 Å². The molecule has 4 N–H and O–H groups in total. The van der Waals surface area contributed by atoms with Gasteiger partial charge in [0.05, 0.1) is 27.2 Å². The van der Waals surface area contributed by atoms with Crippen LogP contribution in [0.15, 0.2) is 18.2 Å². The highest BCUT2D eigenvalue weighted by atomic mass is 35.5. The van der Waals surface area contributed by atoms with Crippen LogP contribution >= 0.6 is 7.82 Å². The van der Waals surface area contributed by atoms with Gasteiger partial charge in [-0.2, -0.15) is 15.0 Å². The summed E-state index contributed by atoms with van der Waals surface area (Å²) in [5.74, 6) is 0.934. The number of quaternary nitrogens is 1. The lowest BCUT2D eigenvalue weighted by molar-refractivity contribution is -0.929. The van der Waals surface area contributed by atoms with Crippen molar-refractivity contribution in [2.45, 2.75) is 63.5 Å². The molecule has 2 aromatic rings. The quantitative estimate of drug-likeness (QED) is 0.176. The first kappa shape index (κ1) is 32.2. The van der Waals surface area contributed by atoms with Crippen LogP contribution in [0.1, 0.15) is 51.4 Å². The molecule has 1 saturated carbocycles. The van der Waals surface area contributed by atoms with Crippen molar-refractivity contribution in [1.29, 1.82) is 0 Å². The van der Waals surface area contributed by atoms with Crippen LogP contribution in [-0.2, 0) is 9.09 Å². The maximum Gasteiger partial charge on any atom is 0.474 e. The highest BCUT2D eigenvalue weighted by Crippen LogP contribution is 2.37. The van der Waals surface area contributed by atoms with Gasteiger partial charge in [0.2, 0.25) is 17.8 Å². The van der Waals surface area contributed by atoms with Crippen LogP contribution in [-0.4, -0.2) is 82.3 Å². The predicted molar refractivity (Wildman–Crippen MR) is 147 cm³/mol. The van der Waals surface area contributed by atoms with Gasteiger partial charge in [0.1, 0.15) is 0 Å². The molecule has 0 bridgehead atoms. The number of aromatic nitrogens is 3. The first-order valence-electron chi connectivity index (χ1n) is 13.4. The summed E-state index contributed by atoms with van der Waals surface area (Å²) in [6, 6.07) is 4.98. The van der Waals surface area contributed by atoms with Crippen LogP contribution in [0.2, 0.25) is 0 Å². The molecule has 4 rings (SSSR count). The number of piperidine rings is 1. The number of nitrogens with zero attached hydrogens (tertiary/aromatic N) is 5. The number of halogens is 2. The Kier molecular flexibility index (Phi) is 11.3. The number of nitrogens with one attached hydrogen (secondary N) is 2. The van der Waals surface area contributed by atoms with E-state index in [1.807, 2.05) is 19.0 Å². The van der Waals surface area contributed by atoms with E-state index < -0.39 is 13.6 Å². The van der Waals surface area contributed by atoms with E-state index in [4.69, 9.17) is 24.0 Å². The van der Waals surface area contributed by atoms with Crippen molar-refractivity contribution in [3.05, 3.63) is 24.0 Å². The fourth-order valence-corrected chi connectivity index (χ4v) is 5.62. The average Bonchev–Trinajstić information content (AvgIpc) is 3.16. The van der Waals surface area contributed by atoms with Crippen molar-refractivity contribution in [3.8, 4) is 5.75 Å².